The van der Waals surface area contributed by atoms with Crippen molar-refractivity contribution in [2.75, 3.05) is 6.54 Å². The van der Waals surface area contributed by atoms with Gasteiger partial charge in [0.15, 0.2) is 0 Å². The molecule has 0 bridgehead atoms. The molecule has 2 rings (SSSR count). The van der Waals surface area contributed by atoms with Gasteiger partial charge in [0.25, 0.3) is 0 Å². The highest BCUT2D eigenvalue weighted by Crippen LogP contribution is 2.25. The van der Waals surface area contributed by atoms with E-state index in [9.17, 15) is 8.42 Å². The van der Waals surface area contributed by atoms with Crippen molar-refractivity contribution < 1.29 is 8.42 Å². The highest BCUT2D eigenvalue weighted by Gasteiger charge is 2.28. The standard InChI is InChI=1S/C15H21N3O2S/c16-10-9-12-5-7-14(8-6-12)21(19,20)18-15-4-2-1-3-13(15)11-17/h5-8,13,15,18H,1-4,9,11,17H2. The number of nitrogens with zero attached hydrogens (tertiary/aromatic N) is 1. The number of sulfonamides is 1. The second-order valence-electron chi connectivity index (χ2n) is 5.49. The Kier molecular flexibility index (Phi) is 5.34. The summed E-state index contributed by atoms with van der Waals surface area (Å²) >= 11 is 0. The molecule has 0 amide bonds. The molecule has 1 saturated carbocycles. The van der Waals surface area contributed by atoms with Crippen molar-refractivity contribution >= 4 is 10.0 Å². The van der Waals surface area contributed by atoms with E-state index < -0.39 is 10.0 Å². The van der Waals surface area contributed by atoms with Gasteiger partial charge in [0, 0.05) is 6.04 Å². The van der Waals surface area contributed by atoms with E-state index in [1.807, 2.05) is 6.07 Å². The molecule has 21 heavy (non-hydrogen) atoms. The lowest BCUT2D eigenvalue weighted by Crippen LogP contribution is -2.44. The van der Waals surface area contributed by atoms with E-state index in [-0.39, 0.29) is 23.3 Å². The molecule has 1 aromatic carbocycles. The van der Waals surface area contributed by atoms with Crippen LogP contribution in [0.3, 0.4) is 0 Å². The molecule has 1 aromatic rings. The van der Waals surface area contributed by atoms with Gasteiger partial charge in [0.1, 0.15) is 0 Å². The van der Waals surface area contributed by atoms with Crippen LogP contribution in [-0.4, -0.2) is 21.0 Å². The van der Waals surface area contributed by atoms with E-state index in [2.05, 4.69) is 4.72 Å². The maximum absolute atomic E-state index is 12.4. The molecule has 6 heteroatoms. The number of hydrogen-bond acceptors (Lipinski definition) is 4. The zero-order valence-electron chi connectivity index (χ0n) is 12.0. The Morgan fingerprint density at radius 2 is 1.90 bits per heavy atom. The van der Waals surface area contributed by atoms with E-state index in [0.29, 0.717) is 6.54 Å². The second-order valence-corrected chi connectivity index (χ2v) is 7.20. The molecular weight excluding hydrogens is 286 g/mol. The molecule has 0 spiro atoms. The molecule has 2 atom stereocenters. The predicted octanol–water partition coefficient (Wildman–Crippen LogP) is 1.55. The third-order valence-electron chi connectivity index (χ3n) is 4.04. The fourth-order valence-electron chi connectivity index (χ4n) is 2.79. The van der Waals surface area contributed by atoms with E-state index in [4.69, 9.17) is 11.0 Å². The number of nitrogens with two attached hydrogens (primary N) is 1. The molecule has 1 aliphatic rings. The normalized spacial score (nSPS) is 22.7. The van der Waals surface area contributed by atoms with Crippen LogP contribution in [0.2, 0.25) is 0 Å². The van der Waals surface area contributed by atoms with Crippen LogP contribution in [0, 0.1) is 17.2 Å². The lowest BCUT2D eigenvalue weighted by atomic mass is 9.85. The summed E-state index contributed by atoms with van der Waals surface area (Å²) in [5.41, 5.74) is 6.55. The van der Waals surface area contributed by atoms with Crippen LogP contribution in [0.15, 0.2) is 29.2 Å². The molecule has 1 fully saturated rings. The highest BCUT2D eigenvalue weighted by molar-refractivity contribution is 7.89. The first-order valence-corrected chi connectivity index (χ1v) is 8.73. The topological polar surface area (TPSA) is 96.0 Å². The molecule has 1 aliphatic carbocycles. The third-order valence-corrected chi connectivity index (χ3v) is 5.54. The molecule has 0 aliphatic heterocycles. The number of rotatable bonds is 5. The Morgan fingerprint density at radius 1 is 1.24 bits per heavy atom. The summed E-state index contributed by atoms with van der Waals surface area (Å²) in [6.07, 6.45) is 4.25. The van der Waals surface area contributed by atoms with Crippen molar-refractivity contribution in [2.45, 2.75) is 43.0 Å². The van der Waals surface area contributed by atoms with Gasteiger partial charge in [-0.3, -0.25) is 0 Å². The smallest absolute Gasteiger partial charge is 0.240 e. The fraction of sp³-hybridized carbons (Fsp3) is 0.533. The molecular formula is C15H21N3O2S. The van der Waals surface area contributed by atoms with Crippen molar-refractivity contribution in [2.24, 2.45) is 11.7 Å². The van der Waals surface area contributed by atoms with Crippen LogP contribution < -0.4 is 10.5 Å². The Balaban J connectivity index is 2.12. The minimum absolute atomic E-state index is 0.0764. The average molecular weight is 307 g/mol. The molecule has 0 heterocycles. The maximum atomic E-state index is 12.4. The van der Waals surface area contributed by atoms with Gasteiger partial charge in [-0.25, -0.2) is 13.1 Å². The van der Waals surface area contributed by atoms with Gasteiger partial charge in [-0.2, -0.15) is 5.26 Å². The van der Waals surface area contributed by atoms with E-state index in [0.717, 1.165) is 31.2 Å². The van der Waals surface area contributed by atoms with Gasteiger partial charge in [0.2, 0.25) is 10.0 Å². The van der Waals surface area contributed by atoms with Crippen molar-refractivity contribution in [1.82, 2.24) is 4.72 Å². The average Bonchev–Trinajstić information content (AvgIpc) is 2.48. The van der Waals surface area contributed by atoms with Gasteiger partial charge >= 0.3 is 0 Å². The SMILES string of the molecule is N#CCc1ccc(S(=O)(=O)NC2CCCCC2CN)cc1. The van der Waals surface area contributed by atoms with Crippen LogP contribution >= 0.6 is 0 Å². The summed E-state index contributed by atoms with van der Waals surface area (Å²) in [7, 11) is -3.52. The number of nitrogens with one attached hydrogen (secondary N) is 1. The highest BCUT2D eigenvalue weighted by atomic mass is 32.2. The quantitative estimate of drug-likeness (QED) is 0.862. The van der Waals surface area contributed by atoms with Crippen molar-refractivity contribution in [3.63, 3.8) is 0 Å². The van der Waals surface area contributed by atoms with Crippen molar-refractivity contribution in [1.29, 1.82) is 5.26 Å². The lowest BCUT2D eigenvalue weighted by molar-refractivity contribution is 0.296. The first kappa shape index (κ1) is 16.0. The molecule has 5 nitrogen and oxygen atoms in total. The summed E-state index contributed by atoms with van der Waals surface area (Å²) in [6.45, 7) is 0.508. The summed E-state index contributed by atoms with van der Waals surface area (Å²) in [5.74, 6) is 0.214. The number of nitriles is 1. The van der Waals surface area contributed by atoms with E-state index >= 15 is 0 Å². The summed E-state index contributed by atoms with van der Waals surface area (Å²) in [4.78, 5) is 0.241. The van der Waals surface area contributed by atoms with E-state index in [1.165, 1.54) is 0 Å². The summed E-state index contributed by atoms with van der Waals surface area (Å²) in [5, 5.41) is 8.63. The lowest BCUT2D eigenvalue weighted by Gasteiger charge is -2.31. The molecule has 0 saturated heterocycles. The number of benzene rings is 1. The van der Waals surface area contributed by atoms with Gasteiger partial charge < -0.3 is 5.73 Å². The van der Waals surface area contributed by atoms with Crippen LogP contribution in [-0.2, 0) is 16.4 Å². The molecule has 0 radical (unpaired) electrons. The Bertz CT molecular complexity index is 605. The van der Waals surface area contributed by atoms with E-state index in [1.54, 1.807) is 24.3 Å². The molecule has 2 unspecified atom stereocenters. The monoisotopic (exact) mass is 307 g/mol. The van der Waals surface area contributed by atoms with Crippen molar-refractivity contribution in [3.05, 3.63) is 29.8 Å². The minimum atomic E-state index is -3.52. The zero-order valence-corrected chi connectivity index (χ0v) is 12.8. The van der Waals surface area contributed by atoms with Crippen molar-refractivity contribution in [3.8, 4) is 6.07 Å². The Labute approximate surface area is 126 Å². The largest absolute Gasteiger partial charge is 0.330 e. The van der Waals surface area contributed by atoms with Gasteiger partial charge in [0.05, 0.1) is 17.4 Å². The Morgan fingerprint density at radius 3 is 2.52 bits per heavy atom. The maximum Gasteiger partial charge on any atom is 0.240 e. The van der Waals surface area contributed by atoms with Gasteiger partial charge in [-0.1, -0.05) is 25.0 Å². The first-order chi connectivity index (χ1) is 10.1. The summed E-state index contributed by atoms with van der Waals surface area (Å²) in [6, 6.07) is 8.43. The fourth-order valence-corrected chi connectivity index (χ4v) is 4.13. The molecule has 3 N–H and O–H groups in total. The molecule has 114 valence electrons. The third kappa shape index (κ3) is 4.03. The van der Waals surface area contributed by atoms with Gasteiger partial charge in [-0.15, -0.1) is 0 Å². The molecule has 0 aromatic heterocycles. The van der Waals surface area contributed by atoms with Gasteiger partial charge in [-0.05, 0) is 43.0 Å². The Hall–Kier alpha value is -1.42. The van der Waals surface area contributed by atoms with Crippen LogP contribution in [0.1, 0.15) is 31.2 Å². The minimum Gasteiger partial charge on any atom is -0.330 e. The second kappa shape index (κ2) is 7.03. The first-order valence-electron chi connectivity index (χ1n) is 7.25. The predicted molar refractivity (Wildman–Crippen MR) is 80.9 cm³/mol. The summed E-state index contributed by atoms with van der Waals surface area (Å²) < 4.78 is 27.6. The zero-order chi connectivity index (χ0) is 15.3. The number of hydrogen-bond donors (Lipinski definition) is 2. The van der Waals surface area contributed by atoms with Crippen LogP contribution in [0.4, 0.5) is 0 Å². The van der Waals surface area contributed by atoms with Crippen LogP contribution in [0.5, 0.6) is 0 Å². The van der Waals surface area contributed by atoms with Crippen LogP contribution in [0.25, 0.3) is 0 Å².